The highest BCUT2D eigenvalue weighted by Crippen LogP contribution is 2.27. The van der Waals surface area contributed by atoms with E-state index in [9.17, 15) is 18.8 Å². The fourth-order valence-corrected chi connectivity index (χ4v) is 3.74. The number of nitrogens with one attached hydrogen (secondary N) is 3. The molecule has 212 valence electrons. The minimum absolute atomic E-state index is 0.0471. The monoisotopic (exact) mass is 560 g/mol. The maximum absolute atomic E-state index is 14.9. The molecule has 11 nitrogen and oxygen atoms in total. The molecule has 2 aromatic carbocycles. The third-order valence-corrected chi connectivity index (χ3v) is 5.78. The largest absolute Gasteiger partial charge is 0.462 e. The van der Waals surface area contributed by atoms with Crippen molar-refractivity contribution in [3.05, 3.63) is 89.6 Å². The number of pyridine rings is 1. The van der Waals surface area contributed by atoms with Crippen molar-refractivity contribution in [3.63, 3.8) is 0 Å². The number of amides is 3. The Morgan fingerprint density at radius 3 is 2.49 bits per heavy atom. The van der Waals surface area contributed by atoms with Crippen LogP contribution in [0.3, 0.4) is 0 Å². The first-order valence-corrected chi connectivity index (χ1v) is 12.8. The van der Waals surface area contributed by atoms with E-state index in [4.69, 9.17) is 9.47 Å². The van der Waals surface area contributed by atoms with Gasteiger partial charge in [-0.25, -0.2) is 18.7 Å². The van der Waals surface area contributed by atoms with E-state index in [2.05, 4.69) is 26.0 Å². The third-order valence-electron chi connectivity index (χ3n) is 5.78. The van der Waals surface area contributed by atoms with Gasteiger partial charge in [-0.15, -0.1) is 0 Å². The van der Waals surface area contributed by atoms with Crippen LogP contribution in [0, 0.1) is 5.82 Å². The number of hydrogen-bond acceptors (Lipinski definition) is 7. The second kappa shape index (κ2) is 12.7. The zero-order chi connectivity index (χ0) is 29.5. The summed E-state index contributed by atoms with van der Waals surface area (Å²) in [7, 11) is 1.48. The lowest BCUT2D eigenvalue weighted by Gasteiger charge is -2.12. The molecule has 3 amide bonds. The van der Waals surface area contributed by atoms with Crippen LogP contribution in [0.1, 0.15) is 53.2 Å². The zero-order valence-electron chi connectivity index (χ0n) is 22.9. The van der Waals surface area contributed by atoms with Crippen molar-refractivity contribution in [2.75, 3.05) is 24.3 Å². The van der Waals surface area contributed by atoms with Crippen LogP contribution in [0.4, 0.5) is 20.7 Å². The van der Waals surface area contributed by atoms with Crippen molar-refractivity contribution in [1.29, 1.82) is 0 Å². The molecule has 0 aliphatic heterocycles. The summed E-state index contributed by atoms with van der Waals surface area (Å²) in [5.41, 5.74) is 1.62. The van der Waals surface area contributed by atoms with Gasteiger partial charge in [0.05, 0.1) is 29.2 Å². The second-order valence-corrected chi connectivity index (χ2v) is 9.07. The smallest absolute Gasteiger partial charge is 0.338 e. The molecule has 0 bridgehead atoms. The highest BCUT2D eigenvalue weighted by molar-refractivity contribution is 5.99. The van der Waals surface area contributed by atoms with Crippen LogP contribution < -0.4 is 20.7 Å². The Hall–Kier alpha value is -5.26. The molecule has 0 fully saturated rings. The van der Waals surface area contributed by atoms with Crippen molar-refractivity contribution in [3.8, 4) is 17.2 Å². The molecule has 0 unspecified atom stereocenters. The molecule has 12 heteroatoms. The van der Waals surface area contributed by atoms with Gasteiger partial charge in [0.15, 0.2) is 0 Å². The Kier molecular flexibility index (Phi) is 8.92. The number of esters is 1. The summed E-state index contributed by atoms with van der Waals surface area (Å²) in [6.45, 7) is 5.87. The summed E-state index contributed by atoms with van der Waals surface area (Å²) in [5.74, 6) is -0.793. The van der Waals surface area contributed by atoms with Gasteiger partial charge in [-0.1, -0.05) is 19.9 Å². The van der Waals surface area contributed by atoms with Gasteiger partial charge in [-0.05, 0) is 49.2 Å². The van der Waals surface area contributed by atoms with E-state index in [1.165, 1.54) is 42.2 Å². The predicted molar refractivity (Wildman–Crippen MR) is 150 cm³/mol. The van der Waals surface area contributed by atoms with Crippen LogP contribution in [0.15, 0.2) is 66.9 Å². The van der Waals surface area contributed by atoms with E-state index in [0.29, 0.717) is 22.8 Å². The number of hydrogen-bond donors (Lipinski definition) is 3. The molecule has 0 spiro atoms. The van der Waals surface area contributed by atoms with E-state index in [1.54, 1.807) is 37.3 Å². The van der Waals surface area contributed by atoms with Gasteiger partial charge in [-0.2, -0.15) is 5.10 Å². The molecule has 0 saturated heterocycles. The van der Waals surface area contributed by atoms with Crippen LogP contribution in [0.25, 0.3) is 5.69 Å². The molecule has 2 heterocycles. The minimum Gasteiger partial charge on any atom is -0.462 e. The molecule has 0 aliphatic rings. The molecular weight excluding hydrogens is 531 g/mol. The lowest BCUT2D eigenvalue weighted by Crippen LogP contribution is -2.22. The van der Waals surface area contributed by atoms with E-state index in [0.717, 1.165) is 6.07 Å². The molecule has 2 aromatic heterocycles. The van der Waals surface area contributed by atoms with Gasteiger partial charge in [-0.3, -0.25) is 15.1 Å². The molecule has 4 aromatic rings. The first kappa shape index (κ1) is 28.7. The average Bonchev–Trinajstić information content (AvgIpc) is 3.38. The highest BCUT2D eigenvalue weighted by atomic mass is 19.1. The van der Waals surface area contributed by atoms with Crippen molar-refractivity contribution in [2.24, 2.45) is 0 Å². The normalized spacial score (nSPS) is 10.7. The number of carbonyl (C=O) groups excluding carboxylic acids is 3. The quantitative estimate of drug-likeness (QED) is 0.230. The number of ether oxygens (including phenoxy) is 2. The molecule has 3 N–H and O–H groups in total. The van der Waals surface area contributed by atoms with Crippen molar-refractivity contribution >= 4 is 29.4 Å². The predicted octanol–water partition coefficient (Wildman–Crippen LogP) is 5.50. The van der Waals surface area contributed by atoms with Gasteiger partial charge >= 0.3 is 12.0 Å². The Morgan fingerprint density at radius 1 is 1.00 bits per heavy atom. The van der Waals surface area contributed by atoms with Gasteiger partial charge in [0, 0.05) is 31.4 Å². The highest BCUT2D eigenvalue weighted by Gasteiger charge is 2.17. The average molecular weight is 561 g/mol. The number of halogens is 1. The summed E-state index contributed by atoms with van der Waals surface area (Å²) in [6, 6.07) is 14.5. The molecule has 0 radical (unpaired) electrons. The SMILES string of the molecule is CCOC(=O)c1cccc(-n2nc(C(C)C)cc2NC(=O)Nc2ccc(Oc3ccnc(C(=O)NC)c3)cc2F)c1. The summed E-state index contributed by atoms with van der Waals surface area (Å²) >= 11 is 0. The van der Waals surface area contributed by atoms with E-state index >= 15 is 0 Å². The van der Waals surface area contributed by atoms with Gasteiger partial charge in [0.1, 0.15) is 28.8 Å². The molecular formula is C29H29FN6O5. The standard InChI is InChI=1S/C29H29FN6O5/c1-5-40-28(38)18-7-6-8-19(13-18)36-26(16-24(35-36)17(2)3)34-29(39)33-23-10-9-20(14-22(23)30)41-21-11-12-32-25(15-21)27(37)31-4/h6-17H,5H2,1-4H3,(H,31,37)(H2,33,34,39). The molecule has 0 aliphatic carbocycles. The summed E-state index contributed by atoms with van der Waals surface area (Å²) in [6.07, 6.45) is 1.40. The van der Waals surface area contributed by atoms with Crippen molar-refractivity contribution < 1.29 is 28.2 Å². The molecule has 0 saturated carbocycles. The lowest BCUT2D eigenvalue weighted by molar-refractivity contribution is 0.0526. The summed E-state index contributed by atoms with van der Waals surface area (Å²) in [5, 5.41) is 12.2. The number of anilines is 2. The Morgan fingerprint density at radius 2 is 1.78 bits per heavy atom. The Balaban J connectivity index is 1.50. The Labute approximate surface area is 235 Å². The van der Waals surface area contributed by atoms with Gasteiger partial charge < -0.3 is 20.1 Å². The number of carbonyl (C=O) groups is 3. The zero-order valence-corrected chi connectivity index (χ0v) is 22.9. The lowest BCUT2D eigenvalue weighted by atomic mass is 10.1. The molecule has 41 heavy (non-hydrogen) atoms. The van der Waals surface area contributed by atoms with E-state index < -0.39 is 17.8 Å². The van der Waals surface area contributed by atoms with E-state index in [1.807, 2.05) is 13.8 Å². The topological polar surface area (TPSA) is 136 Å². The minimum atomic E-state index is -0.739. The second-order valence-electron chi connectivity index (χ2n) is 9.07. The first-order valence-electron chi connectivity index (χ1n) is 12.8. The number of aromatic nitrogens is 3. The molecule has 0 atom stereocenters. The maximum atomic E-state index is 14.9. The fraction of sp³-hybridized carbons (Fsp3) is 0.207. The molecule has 4 rings (SSSR count). The maximum Gasteiger partial charge on any atom is 0.338 e. The number of benzene rings is 2. The van der Waals surface area contributed by atoms with Crippen LogP contribution in [0.5, 0.6) is 11.5 Å². The first-order chi connectivity index (χ1) is 19.7. The van der Waals surface area contributed by atoms with E-state index in [-0.39, 0.29) is 41.3 Å². The number of urea groups is 1. The Bertz CT molecular complexity index is 1590. The summed E-state index contributed by atoms with van der Waals surface area (Å²) in [4.78, 5) is 40.9. The van der Waals surface area contributed by atoms with Crippen LogP contribution in [-0.2, 0) is 4.74 Å². The van der Waals surface area contributed by atoms with Gasteiger partial charge in [0.2, 0.25) is 0 Å². The number of rotatable bonds is 9. The van der Waals surface area contributed by atoms with Crippen molar-refractivity contribution in [2.45, 2.75) is 26.7 Å². The van der Waals surface area contributed by atoms with Crippen LogP contribution >= 0.6 is 0 Å². The van der Waals surface area contributed by atoms with Crippen LogP contribution in [0.2, 0.25) is 0 Å². The third kappa shape index (κ3) is 7.04. The van der Waals surface area contributed by atoms with Crippen molar-refractivity contribution in [1.82, 2.24) is 20.1 Å². The van der Waals surface area contributed by atoms with Gasteiger partial charge in [0.25, 0.3) is 5.91 Å². The number of nitrogens with zero attached hydrogens (tertiary/aromatic N) is 3. The van der Waals surface area contributed by atoms with Crippen LogP contribution in [-0.4, -0.2) is 46.3 Å². The summed E-state index contributed by atoms with van der Waals surface area (Å²) < 4.78 is 27.1. The fourth-order valence-electron chi connectivity index (χ4n) is 3.74.